The van der Waals surface area contributed by atoms with Crippen molar-refractivity contribution in [2.75, 3.05) is 18.1 Å². The van der Waals surface area contributed by atoms with Gasteiger partial charge in [0.15, 0.2) is 0 Å². The van der Waals surface area contributed by atoms with Crippen molar-refractivity contribution < 1.29 is 13.5 Å². The van der Waals surface area contributed by atoms with Crippen LogP contribution in [0.2, 0.25) is 0 Å². The van der Waals surface area contributed by atoms with Gasteiger partial charge in [0.1, 0.15) is 0 Å². The van der Waals surface area contributed by atoms with Crippen molar-refractivity contribution in [1.29, 1.82) is 0 Å². The van der Waals surface area contributed by atoms with Gasteiger partial charge in [-0.25, -0.2) is 13.1 Å². The van der Waals surface area contributed by atoms with Gasteiger partial charge in [-0.3, -0.25) is 0 Å². The predicted octanol–water partition coefficient (Wildman–Crippen LogP) is 1.97. The van der Waals surface area contributed by atoms with Crippen LogP contribution in [0.1, 0.15) is 12.0 Å². The van der Waals surface area contributed by atoms with E-state index in [1.165, 1.54) is 6.07 Å². The third-order valence-electron chi connectivity index (χ3n) is 3.05. The van der Waals surface area contributed by atoms with E-state index in [4.69, 9.17) is 5.11 Å². The van der Waals surface area contributed by atoms with E-state index in [0.29, 0.717) is 22.5 Å². The number of thioether (sulfide) groups is 1. The summed E-state index contributed by atoms with van der Waals surface area (Å²) in [7, 11) is -3.53. The van der Waals surface area contributed by atoms with Gasteiger partial charge in [-0.1, -0.05) is 6.07 Å². The third kappa shape index (κ3) is 3.95. The Morgan fingerprint density at radius 1 is 1.47 bits per heavy atom. The number of aliphatic hydroxyl groups excluding tert-OH is 1. The summed E-state index contributed by atoms with van der Waals surface area (Å²) >= 11 is 5.10. The zero-order valence-electron chi connectivity index (χ0n) is 10.3. The quantitative estimate of drug-likeness (QED) is 0.836. The number of hydrogen-bond donors (Lipinski definition) is 2. The molecule has 2 rings (SSSR count). The van der Waals surface area contributed by atoms with Crippen molar-refractivity contribution >= 4 is 37.7 Å². The average Bonchev–Trinajstić information content (AvgIpc) is 2.90. The van der Waals surface area contributed by atoms with Crippen LogP contribution in [0.4, 0.5) is 0 Å². The molecule has 1 aromatic rings. The topological polar surface area (TPSA) is 66.4 Å². The lowest BCUT2D eigenvalue weighted by molar-refractivity contribution is 0.281. The summed E-state index contributed by atoms with van der Waals surface area (Å²) < 4.78 is 27.7. The van der Waals surface area contributed by atoms with Gasteiger partial charge < -0.3 is 5.11 Å². The van der Waals surface area contributed by atoms with Gasteiger partial charge in [-0.2, -0.15) is 11.8 Å². The maximum absolute atomic E-state index is 12.2. The Morgan fingerprint density at radius 2 is 2.26 bits per heavy atom. The van der Waals surface area contributed by atoms with Crippen LogP contribution in [0.15, 0.2) is 27.6 Å². The van der Waals surface area contributed by atoms with Crippen LogP contribution in [0.5, 0.6) is 0 Å². The van der Waals surface area contributed by atoms with Crippen LogP contribution in [0.25, 0.3) is 0 Å². The van der Waals surface area contributed by atoms with Crippen LogP contribution >= 0.6 is 27.7 Å². The van der Waals surface area contributed by atoms with Crippen molar-refractivity contribution in [3.8, 4) is 0 Å². The van der Waals surface area contributed by atoms with Crippen LogP contribution in [0.3, 0.4) is 0 Å². The Kier molecular flexibility index (Phi) is 5.30. The van der Waals surface area contributed by atoms with Crippen LogP contribution in [-0.2, 0) is 16.6 Å². The molecule has 1 fully saturated rings. The summed E-state index contributed by atoms with van der Waals surface area (Å²) in [5.74, 6) is 2.54. The maximum Gasteiger partial charge on any atom is 0.241 e. The first-order chi connectivity index (χ1) is 9.03. The van der Waals surface area contributed by atoms with E-state index in [0.717, 1.165) is 17.9 Å². The Morgan fingerprint density at radius 3 is 2.89 bits per heavy atom. The van der Waals surface area contributed by atoms with E-state index < -0.39 is 10.0 Å². The van der Waals surface area contributed by atoms with Crippen molar-refractivity contribution in [3.63, 3.8) is 0 Å². The molecule has 0 bridgehead atoms. The van der Waals surface area contributed by atoms with Gasteiger partial charge in [0.2, 0.25) is 10.0 Å². The van der Waals surface area contributed by atoms with E-state index in [2.05, 4.69) is 20.7 Å². The molecule has 1 aliphatic heterocycles. The summed E-state index contributed by atoms with van der Waals surface area (Å²) in [5, 5.41) is 9.09. The molecule has 0 saturated carbocycles. The summed E-state index contributed by atoms with van der Waals surface area (Å²) in [6.45, 7) is 0.306. The molecule has 0 aliphatic carbocycles. The van der Waals surface area contributed by atoms with Gasteiger partial charge in [0.05, 0.1) is 11.5 Å². The van der Waals surface area contributed by atoms with E-state index in [9.17, 15) is 8.42 Å². The Balaban J connectivity index is 2.13. The van der Waals surface area contributed by atoms with E-state index in [1.807, 2.05) is 11.8 Å². The van der Waals surface area contributed by atoms with E-state index >= 15 is 0 Å². The molecular weight excluding hydrogens is 350 g/mol. The van der Waals surface area contributed by atoms with Crippen LogP contribution in [0, 0.1) is 5.92 Å². The number of rotatable bonds is 5. The van der Waals surface area contributed by atoms with Gasteiger partial charge in [0, 0.05) is 11.0 Å². The minimum atomic E-state index is -3.53. The Bertz CT molecular complexity index is 542. The highest BCUT2D eigenvalue weighted by Gasteiger charge is 2.22. The first-order valence-corrected chi connectivity index (χ1v) is 9.42. The molecule has 4 nitrogen and oxygen atoms in total. The van der Waals surface area contributed by atoms with Gasteiger partial charge in [-0.05, 0) is 57.5 Å². The molecule has 0 amide bonds. The summed E-state index contributed by atoms with van der Waals surface area (Å²) in [5.41, 5.74) is 0.583. The number of halogens is 1. The number of benzene rings is 1. The first kappa shape index (κ1) is 15.3. The number of nitrogens with one attached hydrogen (secondary N) is 1. The Hall–Kier alpha value is -0.0800. The standard InChI is InChI=1S/C12H16BrNO3S2/c13-11-2-1-9(7-15)5-12(11)19(16,17)14-6-10-3-4-18-8-10/h1-2,5,10,14-15H,3-4,6-8H2. The van der Waals surface area contributed by atoms with Crippen LogP contribution in [-0.4, -0.2) is 31.6 Å². The van der Waals surface area contributed by atoms with Crippen LogP contribution < -0.4 is 4.72 Å². The van der Waals surface area contributed by atoms with Gasteiger partial charge >= 0.3 is 0 Å². The normalized spacial score (nSPS) is 19.8. The van der Waals surface area contributed by atoms with Crippen molar-refractivity contribution in [3.05, 3.63) is 28.2 Å². The Labute approximate surface area is 126 Å². The third-order valence-corrected chi connectivity index (χ3v) is 6.70. The average molecular weight is 366 g/mol. The SMILES string of the molecule is O=S(=O)(NCC1CCSC1)c1cc(CO)ccc1Br. The number of aliphatic hydroxyl groups is 1. The van der Waals surface area contributed by atoms with Crippen molar-refractivity contribution in [1.82, 2.24) is 4.72 Å². The van der Waals surface area contributed by atoms with Crippen molar-refractivity contribution in [2.45, 2.75) is 17.9 Å². The summed E-state index contributed by atoms with van der Waals surface area (Å²) in [6.07, 6.45) is 1.06. The largest absolute Gasteiger partial charge is 0.392 e. The zero-order chi connectivity index (χ0) is 13.9. The summed E-state index contributed by atoms with van der Waals surface area (Å²) in [4.78, 5) is 0.185. The highest BCUT2D eigenvalue weighted by atomic mass is 79.9. The molecule has 19 heavy (non-hydrogen) atoms. The second-order valence-electron chi connectivity index (χ2n) is 4.50. The second kappa shape index (κ2) is 6.58. The molecular formula is C12H16BrNO3S2. The second-order valence-corrected chi connectivity index (χ2v) is 8.24. The highest BCUT2D eigenvalue weighted by Crippen LogP contribution is 2.25. The molecule has 1 atom stereocenters. The molecule has 1 heterocycles. The molecule has 1 saturated heterocycles. The molecule has 0 aromatic heterocycles. The maximum atomic E-state index is 12.2. The smallest absolute Gasteiger partial charge is 0.241 e. The summed E-state index contributed by atoms with van der Waals surface area (Å²) in [6, 6.07) is 4.83. The zero-order valence-corrected chi connectivity index (χ0v) is 13.5. The lowest BCUT2D eigenvalue weighted by Gasteiger charge is -2.12. The predicted molar refractivity (Wildman–Crippen MR) is 80.7 cm³/mol. The van der Waals surface area contributed by atoms with E-state index in [1.54, 1.807) is 12.1 Å². The monoisotopic (exact) mass is 365 g/mol. The van der Waals surface area contributed by atoms with Crippen molar-refractivity contribution in [2.24, 2.45) is 5.92 Å². The minimum absolute atomic E-state index is 0.172. The minimum Gasteiger partial charge on any atom is -0.392 e. The molecule has 106 valence electrons. The molecule has 1 unspecified atom stereocenters. The lowest BCUT2D eigenvalue weighted by Crippen LogP contribution is -2.29. The molecule has 0 radical (unpaired) electrons. The fourth-order valence-corrected chi connectivity index (χ4v) is 5.31. The van der Waals surface area contributed by atoms with Gasteiger partial charge in [0.25, 0.3) is 0 Å². The fourth-order valence-electron chi connectivity index (χ4n) is 1.90. The number of hydrogen-bond acceptors (Lipinski definition) is 4. The lowest BCUT2D eigenvalue weighted by atomic mass is 10.1. The van der Waals surface area contributed by atoms with Gasteiger partial charge in [-0.15, -0.1) is 0 Å². The first-order valence-electron chi connectivity index (χ1n) is 5.99. The van der Waals surface area contributed by atoms with E-state index in [-0.39, 0.29) is 11.5 Å². The molecule has 0 spiro atoms. The molecule has 1 aliphatic rings. The fraction of sp³-hybridized carbons (Fsp3) is 0.500. The number of sulfonamides is 1. The highest BCUT2D eigenvalue weighted by molar-refractivity contribution is 9.10. The molecule has 7 heteroatoms. The molecule has 2 N–H and O–H groups in total. The molecule has 1 aromatic carbocycles.